The molecule has 6 nitrogen and oxygen atoms in total. The largest absolute Gasteiger partial charge is 0.351 e. The van der Waals surface area contributed by atoms with Crippen LogP contribution in [-0.4, -0.2) is 45.6 Å². The summed E-state index contributed by atoms with van der Waals surface area (Å²) in [6.07, 6.45) is 2.29. The van der Waals surface area contributed by atoms with E-state index >= 15 is 0 Å². The fourth-order valence-corrected chi connectivity index (χ4v) is 4.52. The normalized spacial score (nSPS) is 14.4. The number of nitrogens with one attached hydrogen (secondary N) is 1. The molecule has 0 bridgehead atoms. The molecule has 1 amide bonds. The Bertz CT molecular complexity index is 843. The maximum absolute atomic E-state index is 12.4. The van der Waals surface area contributed by atoms with Crippen LogP contribution < -0.4 is 5.32 Å². The average Bonchev–Trinajstić information content (AvgIpc) is 3.29. The number of likely N-dealkylation sites (tertiary alicyclic amines) is 1. The minimum Gasteiger partial charge on any atom is -0.351 e. The molecule has 1 fully saturated rings. The van der Waals surface area contributed by atoms with Gasteiger partial charge in [0.15, 0.2) is 16.1 Å². The van der Waals surface area contributed by atoms with Crippen molar-refractivity contribution in [1.29, 1.82) is 0 Å². The standard InChI is InChI=1S/C19H22N4O2S2/c1-13-17(14(2)24)27-18(20-13)22-16(25)12-26-19(23-10-6-7-11-23)21-15-8-4-3-5-9-15/h3-5,8-9H,6-7,10-12H2,1-2H3,(H,20,22,25). The number of amidine groups is 1. The second-order valence-electron chi connectivity index (χ2n) is 6.25. The molecule has 2 aromatic rings. The fourth-order valence-electron chi connectivity index (χ4n) is 2.78. The molecule has 1 N–H and O–H groups in total. The zero-order valence-electron chi connectivity index (χ0n) is 15.4. The molecule has 1 aliphatic heterocycles. The van der Waals surface area contributed by atoms with Crippen LogP contribution in [0, 0.1) is 6.92 Å². The number of aromatic nitrogens is 1. The highest BCUT2D eigenvalue weighted by atomic mass is 32.2. The molecule has 0 atom stereocenters. The number of thioether (sulfide) groups is 1. The number of aryl methyl sites for hydroxylation is 1. The Hall–Kier alpha value is -2.19. The molecule has 0 spiro atoms. The summed E-state index contributed by atoms with van der Waals surface area (Å²) in [7, 11) is 0. The summed E-state index contributed by atoms with van der Waals surface area (Å²) in [5.74, 6) is 0.0610. The first-order chi connectivity index (χ1) is 13.0. The summed E-state index contributed by atoms with van der Waals surface area (Å²) in [4.78, 5) is 35.7. The maximum Gasteiger partial charge on any atom is 0.236 e. The third-order valence-electron chi connectivity index (χ3n) is 4.05. The van der Waals surface area contributed by atoms with Gasteiger partial charge in [0.25, 0.3) is 0 Å². The number of anilines is 1. The second kappa shape index (κ2) is 9.14. The van der Waals surface area contributed by atoms with E-state index in [2.05, 4.69) is 15.2 Å². The van der Waals surface area contributed by atoms with E-state index < -0.39 is 0 Å². The Labute approximate surface area is 167 Å². The second-order valence-corrected chi connectivity index (χ2v) is 8.19. The van der Waals surface area contributed by atoms with Crippen molar-refractivity contribution in [2.45, 2.75) is 26.7 Å². The lowest BCUT2D eigenvalue weighted by Gasteiger charge is -2.19. The van der Waals surface area contributed by atoms with Crippen molar-refractivity contribution < 1.29 is 9.59 Å². The summed E-state index contributed by atoms with van der Waals surface area (Å²) in [5.41, 5.74) is 1.54. The topological polar surface area (TPSA) is 74.7 Å². The zero-order chi connectivity index (χ0) is 19.2. The van der Waals surface area contributed by atoms with Gasteiger partial charge < -0.3 is 10.2 Å². The van der Waals surface area contributed by atoms with Crippen molar-refractivity contribution in [2.75, 3.05) is 24.2 Å². The number of carbonyl (C=O) groups is 2. The Morgan fingerprint density at radius 2 is 1.96 bits per heavy atom. The summed E-state index contributed by atoms with van der Waals surface area (Å²) in [6.45, 7) is 5.21. The van der Waals surface area contributed by atoms with Crippen molar-refractivity contribution in [1.82, 2.24) is 9.88 Å². The van der Waals surface area contributed by atoms with Crippen LogP contribution in [-0.2, 0) is 4.79 Å². The third kappa shape index (κ3) is 5.40. The van der Waals surface area contributed by atoms with Gasteiger partial charge in [0.2, 0.25) is 5.91 Å². The molecular formula is C19H22N4O2S2. The van der Waals surface area contributed by atoms with Crippen LogP contribution in [0.1, 0.15) is 35.1 Å². The van der Waals surface area contributed by atoms with E-state index in [4.69, 9.17) is 4.99 Å². The number of hydrogen-bond donors (Lipinski definition) is 1. The lowest BCUT2D eigenvalue weighted by molar-refractivity contribution is -0.113. The van der Waals surface area contributed by atoms with Crippen molar-refractivity contribution >= 4 is 50.8 Å². The molecule has 27 heavy (non-hydrogen) atoms. The highest BCUT2D eigenvalue weighted by molar-refractivity contribution is 8.14. The molecule has 2 heterocycles. The zero-order valence-corrected chi connectivity index (χ0v) is 17.0. The molecule has 1 saturated heterocycles. The van der Waals surface area contributed by atoms with Gasteiger partial charge in [0.1, 0.15) is 0 Å². The van der Waals surface area contributed by atoms with E-state index in [9.17, 15) is 9.59 Å². The number of rotatable bonds is 5. The summed E-state index contributed by atoms with van der Waals surface area (Å²) in [5, 5.41) is 4.12. The van der Waals surface area contributed by atoms with Crippen LogP contribution in [0.2, 0.25) is 0 Å². The first-order valence-corrected chi connectivity index (χ1v) is 10.6. The van der Waals surface area contributed by atoms with Gasteiger partial charge in [-0.15, -0.1) is 0 Å². The molecule has 1 aromatic carbocycles. The number of para-hydroxylation sites is 1. The number of carbonyl (C=O) groups excluding carboxylic acids is 2. The molecule has 0 saturated carbocycles. The van der Waals surface area contributed by atoms with Crippen molar-refractivity contribution in [2.24, 2.45) is 4.99 Å². The van der Waals surface area contributed by atoms with Crippen LogP contribution in [0.15, 0.2) is 35.3 Å². The Kier molecular flexibility index (Phi) is 6.63. The molecule has 8 heteroatoms. The maximum atomic E-state index is 12.4. The minimum absolute atomic E-state index is 0.0359. The van der Waals surface area contributed by atoms with Crippen molar-refractivity contribution in [3.63, 3.8) is 0 Å². The molecule has 0 aliphatic carbocycles. The molecular weight excluding hydrogens is 380 g/mol. The van der Waals surface area contributed by atoms with Gasteiger partial charge in [-0.2, -0.15) is 0 Å². The molecule has 1 aromatic heterocycles. The Balaban J connectivity index is 1.64. The van der Waals surface area contributed by atoms with Gasteiger partial charge in [-0.1, -0.05) is 41.3 Å². The van der Waals surface area contributed by atoms with E-state index in [1.54, 1.807) is 6.92 Å². The third-order valence-corrected chi connectivity index (χ3v) is 6.24. The monoisotopic (exact) mass is 402 g/mol. The van der Waals surface area contributed by atoms with E-state index in [0.717, 1.165) is 36.8 Å². The smallest absolute Gasteiger partial charge is 0.236 e. The lowest BCUT2D eigenvalue weighted by atomic mass is 10.3. The summed E-state index contributed by atoms with van der Waals surface area (Å²) < 4.78 is 0. The predicted molar refractivity (Wildman–Crippen MR) is 112 cm³/mol. The first-order valence-electron chi connectivity index (χ1n) is 8.82. The van der Waals surface area contributed by atoms with Crippen LogP contribution in [0.5, 0.6) is 0 Å². The van der Waals surface area contributed by atoms with E-state index in [-0.39, 0.29) is 17.4 Å². The molecule has 0 unspecified atom stereocenters. The quantitative estimate of drug-likeness (QED) is 0.463. The number of Topliss-reactive ketones (excluding diaryl/α,β-unsaturated/α-hetero) is 1. The SMILES string of the molecule is CC(=O)c1sc(NC(=O)CSC(=Nc2ccccc2)N2CCCC2)nc1C. The number of hydrogen-bond acceptors (Lipinski definition) is 6. The lowest BCUT2D eigenvalue weighted by Crippen LogP contribution is -2.27. The van der Waals surface area contributed by atoms with Gasteiger partial charge in [-0.05, 0) is 31.9 Å². The summed E-state index contributed by atoms with van der Waals surface area (Å²) >= 11 is 2.65. The Morgan fingerprint density at radius 3 is 2.59 bits per heavy atom. The molecule has 0 radical (unpaired) electrons. The molecule has 1 aliphatic rings. The van der Waals surface area contributed by atoms with Crippen LogP contribution in [0.25, 0.3) is 0 Å². The molecule has 142 valence electrons. The highest BCUT2D eigenvalue weighted by Crippen LogP contribution is 2.24. The van der Waals surface area contributed by atoms with E-state index in [1.165, 1.54) is 30.0 Å². The van der Waals surface area contributed by atoms with Gasteiger partial charge in [0, 0.05) is 20.0 Å². The highest BCUT2D eigenvalue weighted by Gasteiger charge is 2.19. The predicted octanol–water partition coefficient (Wildman–Crippen LogP) is 4.11. The average molecular weight is 403 g/mol. The fraction of sp³-hybridized carbons (Fsp3) is 0.368. The number of thiazole rings is 1. The van der Waals surface area contributed by atoms with Crippen molar-refractivity contribution in [3.05, 3.63) is 40.9 Å². The van der Waals surface area contributed by atoms with Gasteiger partial charge in [-0.3, -0.25) is 9.59 Å². The number of aliphatic imine (C=N–C) groups is 1. The van der Waals surface area contributed by atoms with Gasteiger partial charge >= 0.3 is 0 Å². The summed E-state index contributed by atoms with van der Waals surface area (Å²) in [6, 6.07) is 9.78. The number of benzene rings is 1. The van der Waals surface area contributed by atoms with E-state index in [1.807, 2.05) is 30.3 Å². The minimum atomic E-state index is -0.149. The van der Waals surface area contributed by atoms with E-state index in [0.29, 0.717) is 15.7 Å². The number of ketones is 1. The first kappa shape index (κ1) is 19.6. The van der Waals surface area contributed by atoms with Crippen molar-refractivity contribution in [3.8, 4) is 0 Å². The molecule has 3 rings (SSSR count). The number of nitrogens with zero attached hydrogens (tertiary/aromatic N) is 3. The van der Waals surface area contributed by atoms with Gasteiger partial charge in [0.05, 0.1) is 22.0 Å². The van der Waals surface area contributed by atoms with Gasteiger partial charge in [-0.25, -0.2) is 9.98 Å². The van der Waals surface area contributed by atoms with Crippen LogP contribution >= 0.6 is 23.1 Å². The van der Waals surface area contributed by atoms with Crippen LogP contribution in [0.4, 0.5) is 10.8 Å². The van der Waals surface area contributed by atoms with Crippen LogP contribution in [0.3, 0.4) is 0 Å². The Morgan fingerprint density at radius 1 is 1.26 bits per heavy atom. The number of amides is 1.